The Bertz CT molecular complexity index is 2780. The summed E-state index contributed by atoms with van der Waals surface area (Å²) in [7, 11) is 0. The Morgan fingerprint density at radius 3 is 1.70 bits per heavy atom. The molecule has 0 radical (unpaired) electrons. The number of halogens is 3. The smallest absolute Gasteiger partial charge is 0.305 e. The number of carbonyl (C=O) groups excluding carboxylic acids is 3. The van der Waals surface area contributed by atoms with E-state index in [1.807, 2.05) is 62.4 Å². The molecule has 334 valence electrons. The van der Waals surface area contributed by atoms with E-state index in [0.29, 0.717) is 52.9 Å². The van der Waals surface area contributed by atoms with Crippen molar-refractivity contribution in [1.82, 2.24) is 29.5 Å². The zero-order valence-corrected chi connectivity index (χ0v) is 37.5. The van der Waals surface area contributed by atoms with Gasteiger partial charge in [-0.3, -0.25) is 19.0 Å². The second-order valence-corrected chi connectivity index (χ2v) is 17.9. The number of imidazole rings is 1. The first kappa shape index (κ1) is 43.8. The Kier molecular flexibility index (Phi) is 11.8. The average molecular weight is 934 g/mol. The van der Waals surface area contributed by atoms with Crippen LogP contribution in [0.4, 0.5) is 0 Å². The van der Waals surface area contributed by atoms with Crippen molar-refractivity contribution in [1.29, 1.82) is 0 Å². The molecule has 19 heteroatoms. The maximum absolute atomic E-state index is 11.9. The fourth-order valence-electron chi connectivity index (χ4n) is 9.28. The van der Waals surface area contributed by atoms with Gasteiger partial charge in [-0.05, 0) is 48.5 Å². The summed E-state index contributed by atoms with van der Waals surface area (Å²) in [5.41, 5.74) is 1.46. The van der Waals surface area contributed by atoms with Crippen LogP contribution in [0.15, 0.2) is 73.3 Å². The summed E-state index contributed by atoms with van der Waals surface area (Å²) in [5.74, 6) is -0.0848. The van der Waals surface area contributed by atoms with Crippen molar-refractivity contribution in [2.24, 2.45) is 11.8 Å². The largest absolute Gasteiger partial charge is 0.490 e. The van der Waals surface area contributed by atoms with E-state index in [4.69, 9.17) is 68.0 Å². The molecule has 2 aromatic carbocycles. The molecule has 0 amide bonds. The van der Waals surface area contributed by atoms with Crippen LogP contribution >= 0.6 is 34.8 Å². The quantitative estimate of drug-likeness (QED) is 0.0613. The van der Waals surface area contributed by atoms with Crippen LogP contribution in [-0.4, -0.2) is 89.3 Å². The molecule has 2 aliphatic heterocycles. The van der Waals surface area contributed by atoms with Gasteiger partial charge in [0.1, 0.15) is 45.9 Å². The zero-order valence-electron chi connectivity index (χ0n) is 35.3. The van der Waals surface area contributed by atoms with Gasteiger partial charge in [0.25, 0.3) is 0 Å². The molecule has 4 fully saturated rings. The number of nitrogens with zero attached hydrogens (tertiary/aromatic N) is 6. The minimum atomic E-state index is -0.903. The van der Waals surface area contributed by atoms with Gasteiger partial charge in [-0.2, -0.15) is 0 Å². The van der Waals surface area contributed by atoms with Crippen LogP contribution < -0.4 is 9.47 Å². The lowest BCUT2D eigenvalue weighted by molar-refractivity contribution is -0.224. The number of rotatable bonds is 8. The third-order valence-electron chi connectivity index (χ3n) is 12.5. The number of benzene rings is 2. The lowest BCUT2D eigenvalue weighted by Gasteiger charge is -2.46. The summed E-state index contributed by atoms with van der Waals surface area (Å²) in [5, 5.41) is 3.09. The summed E-state index contributed by atoms with van der Waals surface area (Å²) in [6.07, 6.45) is 2.68. The molecule has 10 rings (SSSR count). The van der Waals surface area contributed by atoms with Crippen LogP contribution in [0.5, 0.6) is 11.5 Å². The highest BCUT2D eigenvalue weighted by molar-refractivity contribution is 6.33. The predicted molar refractivity (Wildman–Crippen MR) is 233 cm³/mol. The standard InChI is InChI=1S/C24H21Cl2N5O4.C21H22ClNO6/c1-12-20(33-13(2)32)23(31-11-29-19-21(26)27-10-28-22(19)31)35-24(12)8-16(9-24)34-15-5-3-14-4-6-18(25)30-17(14)7-15;1-11-19(26-12(2)24)20(27-13(3)25)29-21(11)9-16(10-21)28-15-6-4-14-5-7-18(22)23-17(14)8-15/h3-7,10-12,16,20,23H,8-9H2,1-2H3;4-8,11,16,19-20H,9-10H2,1-3H3/t12-,16?,20?,23+,24?;11-,16?,19?,20?,21?/m00/s1. The molecule has 2 saturated heterocycles. The number of hydrogen-bond donors (Lipinski definition) is 0. The molecule has 4 aromatic heterocycles. The first-order valence-electron chi connectivity index (χ1n) is 20.7. The van der Waals surface area contributed by atoms with E-state index in [0.717, 1.165) is 27.6 Å². The minimum Gasteiger partial charge on any atom is -0.490 e. The number of fused-ring (bicyclic) bond motifs is 3. The van der Waals surface area contributed by atoms with Crippen molar-refractivity contribution in [3.05, 3.63) is 88.8 Å². The summed E-state index contributed by atoms with van der Waals surface area (Å²) >= 11 is 18.2. The number of ether oxygens (including phenoxy) is 7. The van der Waals surface area contributed by atoms with Gasteiger partial charge in [-0.15, -0.1) is 0 Å². The molecule has 6 atom stereocenters. The average Bonchev–Trinajstić information content (AvgIpc) is 3.85. The maximum Gasteiger partial charge on any atom is 0.305 e. The van der Waals surface area contributed by atoms with Gasteiger partial charge in [-0.1, -0.05) is 48.7 Å². The Labute approximate surface area is 381 Å². The van der Waals surface area contributed by atoms with Gasteiger partial charge in [-0.25, -0.2) is 24.9 Å². The number of carbonyl (C=O) groups is 3. The van der Waals surface area contributed by atoms with Crippen molar-refractivity contribution in [2.75, 3.05) is 0 Å². The van der Waals surface area contributed by atoms with Gasteiger partial charge in [0, 0.05) is 81.2 Å². The topological polar surface area (TPSA) is 185 Å². The van der Waals surface area contributed by atoms with Crippen molar-refractivity contribution < 1.29 is 47.5 Å². The number of hydrogen-bond acceptors (Lipinski definition) is 15. The van der Waals surface area contributed by atoms with E-state index in [2.05, 4.69) is 24.9 Å². The van der Waals surface area contributed by atoms with Gasteiger partial charge in [0.05, 0.1) is 28.6 Å². The van der Waals surface area contributed by atoms with Crippen molar-refractivity contribution in [3.8, 4) is 11.5 Å². The van der Waals surface area contributed by atoms with E-state index in [9.17, 15) is 14.4 Å². The molecule has 0 N–H and O–H groups in total. The summed E-state index contributed by atoms with van der Waals surface area (Å²) < 4.78 is 43.1. The minimum absolute atomic E-state index is 0.0536. The SMILES string of the molecule is CC(=O)OC1OC2(CC(Oc3ccc4ccc(Cl)nc4c3)C2)[C@@H](C)C1OC(C)=O.CC(=O)OC1[C@H](n2cnc3c(Cl)ncnc32)OC2(CC(Oc3ccc4ccc(Cl)nc4c3)C2)[C@H]1C. The van der Waals surface area contributed by atoms with E-state index >= 15 is 0 Å². The molecular formula is C45H43Cl3N6O10. The molecular weight excluding hydrogens is 891 g/mol. The Morgan fingerprint density at radius 2 is 1.16 bits per heavy atom. The highest BCUT2D eigenvalue weighted by atomic mass is 35.5. The monoisotopic (exact) mass is 932 g/mol. The third-order valence-corrected chi connectivity index (χ3v) is 13.2. The summed E-state index contributed by atoms with van der Waals surface area (Å²) in [6, 6.07) is 18.8. The second kappa shape index (κ2) is 17.2. The molecule has 64 heavy (non-hydrogen) atoms. The zero-order chi connectivity index (χ0) is 45.1. The van der Waals surface area contributed by atoms with Gasteiger partial charge in [0.2, 0.25) is 6.29 Å². The van der Waals surface area contributed by atoms with Crippen LogP contribution in [0.1, 0.15) is 66.5 Å². The molecule has 0 bridgehead atoms. The maximum atomic E-state index is 11.9. The number of pyridine rings is 2. The second-order valence-electron chi connectivity index (χ2n) is 16.7. The van der Waals surface area contributed by atoms with Crippen LogP contribution in [0, 0.1) is 11.8 Å². The number of esters is 3. The van der Waals surface area contributed by atoms with Crippen molar-refractivity contribution in [3.63, 3.8) is 0 Å². The lowest BCUT2D eigenvalue weighted by Crippen LogP contribution is -2.54. The fraction of sp³-hybridized carbons (Fsp3) is 0.422. The normalized spacial score (nSPS) is 29.2. The van der Waals surface area contributed by atoms with Crippen LogP contribution in [0.25, 0.3) is 33.0 Å². The van der Waals surface area contributed by atoms with Gasteiger partial charge < -0.3 is 33.2 Å². The van der Waals surface area contributed by atoms with Crippen molar-refractivity contribution >= 4 is 85.7 Å². The first-order chi connectivity index (χ1) is 30.6. The Morgan fingerprint density at radius 1 is 0.656 bits per heavy atom. The highest BCUT2D eigenvalue weighted by Crippen LogP contribution is 2.55. The molecule has 3 unspecified atom stereocenters. The van der Waals surface area contributed by atoms with E-state index in [-0.39, 0.29) is 35.2 Å². The van der Waals surface area contributed by atoms with E-state index in [1.165, 1.54) is 27.1 Å². The molecule has 2 spiro atoms. The van der Waals surface area contributed by atoms with Gasteiger partial charge in [0.15, 0.2) is 29.2 Å². The fourth-order valence-corrected chi connectivity index (χ4v) is 9.77. The molecule has 2 saturated carbocycles. The van der Waals surface area contributed by atoms with Crippen LogP contribution in [-0.2, 0) is 38.1 Å². The molecule has 4 aliphatic rings. The Balaban J connectivity index is 0.000000165. The number of aromatic nitrogens is 6. The Hall–Kier alpha value is -5.39. The molecule has 2 aliphatic carbocycles. The molecule has 6 heterocycles. The van der Waals surface area contributed by atoms with Crippen LogP contribution in [0.2, 0.25) is 15.5 Å². The highest BCUT2D eigenvalue weighted by Gasteiger charge is 2.63. The van der Waals surface area contributed by atoms with E-state index in [1.54, 1.807) is 23.0 Å². The molecule has 6 aromatic rings. The third kappa shape index (κ3) is 8.49. The van der Waals surface area contributed by atoms with E-state index < -0.39 is 47.9 Å². The van der Waals surface area contributed by atoms with Crippen LogP contribution in [0.3, 0.4) is 0 Å². The van der Waals surface area contributed by atoms with Gasteiger partial charge >= 0.3 is 17.9 Å². The van der Waals surface area contributed by atoms with Crippen molar-refractivity contribution in [2.45, 2.75) is 108 Å². The summed E-state index contributed by atoms with van der Waals surface area (Å²) in [6.45, 7) is 8.00. The predicted octanol–water partition coefficient (Wildman–Crippen LogP) is 8.41. The molecule has 16 nitrogen and oxygen atoms in total. The summed E-state index contributed by atoms with van der Waals surface area (Å²) in [4.78, 5) is 56.1. The lowest BCUT2D eigenvalue weighted by atomic mass is 9.69. The first-order valence-corrected chi connectivity index (χ1v) is 21.9.